The van der Waals surface area contributed by atoms with Crippen molar-refractivity contribution in [1.29, 1.82) is 0 Å². The highest BCUT2D eigenvalue weighted by molar-refractivity contribution is 5.91. The van der Waals surface area contributed by atoms with Crippen LogP contribution in [0.5, 0.6) is 0 Å². The van der Waals surface area contributed by atoms with Crippen LogP contribution in [0, 0.1) is 5.82 Å². The van der Waals surface area contributed by atoms with E-state index in [1.165, 1.54) is 29.3 Å². The third-order valence-electron chi connectivity index (χ3n) is 4.34. The van der Waals surface area contributed by atoms with Crippen molar-refractivity contribution in [3.63, 3.8) is 0 Å². The van der Waals surface area contributed by atoms with Gasteiger partial charge in [-0.05, 0) is 36.8 Å². The Hall–Kier alpha value is -3.24. The van der Waals surface area contributed by atoms with Gasteiger partial charge in [-0.1, -0.05) is 0 Å². The maximum absolute atomic E-state index is 14.7. The highest BCUT2D eigenvalue weighted by Gasteiger charge is 2.32. The van der Waals surface area contributed by atoms with Crippen LogP contribution in [0.15, 0.2) is 36.5 Å². The summed E-state index contributed by atoms with van der Waals surface area (Å²) in [6, 6.07) is 7.36. The van der Waals surface area contributed by atoms with E-state index in [0.29, 0.717) is 17.7 Å². The molecule has 1 saturated heterocycles. The topological polar surface area (TPSA) is 135 Å². The molecule has 9 nitrogen and oxygen atoms in total. The minimum absolute atomic E-state index is 0. The molecule has 1 fully saturated rings. The zero-order valence-corrected chi connectivity index (χ0v) is 16.5. The SMILES string of the molecule is Cl.NC(=O)CCC1CN(c2ccc(-c3ccc(NC(=O)CO)nc3)c(F)c2)C(=O)O1. The summed E-state index contributed by atoms with van der Waals surface area (Å²) >= 11 is 0. The van der Waals surface area contributed by atoms with Gasteiger partial charge < -0.3 is 20.9 Å². The van der Waals surface area contributed by atoms with Gasteiger partial charge in [0.1, 0.15) is 24.3 Å². The number of halogens is 2. The van der Waals surface area contributed by atoms with Gasteiger partial charge in [-0.3, -0.25) is 14.5 Å². The van der Waals surface area contributed by atoms with Crippen LogP contribution in [-0.4, -0.2) is 47.3 Å². The monoisotopic (exact) mass is 438 g/mol. The van der Waals surface area contributed by atoms with E-state index in [-0.39, 0.29) is 36.8 Å². The van der Waals surface area contributed by atoms with E-state index >= 15 is 0 Å². The van der Waals surface area contributed by atoms with Gasteiger partial charge in [0.15, 0.2) is 0 Å². The van der Waals surface area contributed by atoms with Crippen LogP contribution in [0.3, 0.4) is 0 Å². The number of hydrogen-bond donors (Lipinski definition) is 3. The van der Waals surface area contributed by atoms with Crippen molar-refractivity contribution in [3.8, 4) is 11.1 Å². The van der Waals surface area contributed by atoms with Crippen molar-refractivity contribution >= 4 is 41.8 Å². The van der Waals surface area contributed by atoms with Crippen molar-refractivity contribution in [2.45, 2.75) is 18.9 Å². The van der Waals surface area contributed by atoms with Crippen LogP contribution < -0.4 is 16.0 Å². The van der Waals surface area contributed by atoms with Gasteiger partial charge in [0.05, 0.1) is 12.2 Å². The average Bonchev–Trinajstić information content (AvgIpc) is 3.07. The number of carbonyl (C=O) groups excluding carboxylic acids is 3. The number of benzene rings is 1. The molecule has 4 N–H and O–H groups in total. The first-order valence-electron chi connectivity index (χ1n) is 8.80. The quantitative estimate of drug-likeness (QED) is 0.603. The average molecular weight is 439 g/mol. The summed E-state index contributed by atoms with van der Waals surface area (Å²) < 4.78 is 19.8. The first-order valence-corrected chi connectivity index (χ1v) is 8.80. The van der Waals surface area contributed by atoms with E-state index in [0.717, 1.165) is 0 Å². The molecule has 30 heavy (non-hydrogen) atoms. The minimum Gasteiger partial charge on any atom is -0.444 e. The number of anilines is 2. The molecule has 1 aromatic carbocycles. The zero-order chi connectivity index (χ0) is 21.0. The van der Waals surface area contributed by atoms with Gasteiger partial charge in [0, 0.05) is 23.7 Å². The number of carbonyl (C=O) groups is 3. The van der Waals surface area contributed by atoms with Crippen LogP contribution >= 0.6 is 12.4 Å². The molecular formula is C19H20ClFN4O5. The molecule has 3 rings (SSSR count). The number of aliphatic hydroxyl groups excluding tert-OH is 1. The van der Waals surface area contributed by atoms with E-state index in [4.69, 9.17) is 15.6 Å². The molecule has 160 valence electrons. The number of amides is 3. The predicted molar refractivity (Wildman–Crippen MR) is 109 cm³/mol. The fourth-order valence-electron chi connectivity index (χ4n) is 2.90. The maximum Gasteiger partial charge on any atom is 0.414 e. The molecule has 2 aromatic rings. The molecule has 3 amide bonds. The number of cyclic esters (lactones) is 1. The number of nitrogens with zero attached hydrogens (tertiary/aromatic N) is 2. The van der Waals surface area contributed by atoms with Crippen LogP contribution in [-0.2, 0) is 14.3 Å². The molecule has 11 heteroatoms. The molecule has 0 radical (unpaired) electrons. The van der Waals surface area contributed by atoms with Crippen LogP contribution in [0.2, 0.25) is 0 Å². The molecule has 0 aliphatic carbocycles. The smallest absolute Gasteiger partial charge is 0.414 e. The van der Waals surface area contributed by atoms with Gasteiger partial charge in [-0.25, -0.2) is 14.2 Å². The number of nitrogens with one attached hydrogen (secondary N) is 1. The summed E-state index contributed by atoms with van der Waals surface area (Å²) in [5, 5.41) is 11.1. The predicted octanol–water partition coefficient (Wildman–Crippen LogP) is 1.83. The Labute approximate surface area is 177 Å². The number of ether oxygens (including phenoxy) is 1. The number of aliphatic hydroxyl groups is 1. The first-order chi connectivity index (χ1) is 13.9. The van der Waals surface area contributed by atoms with Gasteiger partial charge in [-0.15, -0.1) is 12.4 Å². The van der Waals surface area contributed by atoms with E-state index in [1.54, 1.807) is 12.1 Å². The summed E-state index contributed by atoms with van der Waals surface area (Å²) in [4.78, 5) is 39.4. The number of nitrogens with two attached hydrogens (primary N) is 1. The standard InChI is InChI=1S/C19H19FN4O5.ClH/c20-15-7-12(24-9-13(29-19(24)28)3-5-16(21)26)2-4-14(15)11-1-6-17(22-8-11)23-18(27)10-25;/h1-2,4,6-8,13,25H,3,5,9-10H2,(H2,21,26)(H,22,23,27);1H. The molecule has 0 saturated carbocycles. The minimum atomic E-state index is -0.665. The van der Waals surface area contributed by atoms with Gasteiger partial charge in [0.25, 0.3) is 5.91 Å². The van der Waals surface area contributed by atoms with Crippen LogP contribution in [0.1, 0.15) is 12.8 Å². The van der Waals surface area contributed by atoms with Gasteiger partial charge in [-0.2, -0.15) is 0 Å². The number of aromatic nitrogens is 1. The Balaban J connectivity index is 0.00000320. The Morgan fingerprint density at radius 3 is 2.70 bits per heavy atom. The molecule has 0 spiro atoms. The second kappa shape index (κ2) is 9.99. The molecule has 2 heterocycles. The molecule has 1 aliphatic rings. The lowest BCUT2D eigenvalue weighted by Gasteiger charge is -2.14. The summed E-state index contributed by atoms with van der Waals surface area (Å²) in [5.74, 6) is -1.42. The summed E-state index contributed by atoms with van der Waals surface area (Å²) in [5.41, 5.74) is 6.17. The van der Waals surface area contributed by atoms with Crippen LogP contribution in [0.4, 0.5) is 20.7 Å². The second-order valence-electron chi connectivity index (χ2n) is 6.42. The van der Waals surface area contributed by atoms with Crippen LogP contribution in [0.25, 0.3) is 11.1 Å². The molecule has 0 bridgehead atoms. The fraction of sp³-hybridized carbons (Fsp3) is 0.263. The van der Waals surface area contributed by atoms with Gasteiger partial charge >= 0.3 is 6.09 Å². The van der Waals surface area contributed by atoms with E-state index in [2.05, 4.69) is 10.3 Å². The lowest BCUT2D eigenvalue weighted by Crippen LogP contribution is -2.25. The lowest BCUT2D eigenvalue weighted by atomic mass is 10.1. The fourth-order valence-corrected chi connectivity index (χ4v) is 2.90. The Morgan fingerprint density at radius 2 is 2.10 bits per heavy atom. The normalized spacial score (nSPS) is 15.3. The van der Waals surface area contributed by atoms with Crippen molar-refractivity contribution in [3.05, 3.63) is 42.3 Å². The largest absolute Gasteiger partial charge is 0.444 e. The Kier molecular flexibility index (Phi) is 7.67. The summed E-state index contributed by atoms with van der Waals surface area (Å²) in [6.07, 6.45) is 0.694. The number of hydrogen-bond acceptors (Lipinski definition) is 6. The Bertz CT molecular complexity index is 941. The number of primary amides is 1. The van der Waals surface area contributed by atoms with Crippen molar-refractivity contribution in [2.75, 3.05) is 23.4 Å². The summed E-state index contributed by atoms with van der Waals surface area (Å²) in [7, 11) is 0. The van der Waals surface area contributed by atoms with Gasteiger partial charge in [0.2, 0.25) is 5.91 Å². The van der Waals surface area contributed by atoms with Crippen molar-refractivity contribution in [2.24, 2.45) is 5.73 Å². The first kappa shape index (κ1) is 23.0. The van der Waals surface area contributed by atoms with E-state index in [1.807, 2.05) is 0 Å². The van der Waals surface area contributed by atoms with E-state index < -0.39 is 36.4 Å². The number of pyridine rings is 1. The third kappa shape index (κ3) is 5.43. The maximum atomic E-state index is 14.7. The lowest BCUT2D eigenvalue weighted by molar-refractivity contribution is -0.119. The second-order valence-corrected chi connectivity index (χ2v) is 6.42. The Morgan fingerprint density at radius 1 is 1.33 bits per heavy atom. The molecule has 1 aliphatic heterocycles. The highest BCUT2D eigenvalue weighted by Crippen LogP contribution is 2.29. The third-order valence-corrected chi connectivity index (χ3v) is 4.34. The molecule has 1 aromatic heterocycles. The van der Waals surface area contributed by atoms with Crippen molar-refractivity contribution < 1.29 is 28.6 Å². The molecule has 1 atom stereocenters. The zero-order valence-electron chi connectivity index (χ0n) is 15.7. The molecular weight excluding hydrogens is 419 g/mol. The summed E-state index contributed by atoms with van der Waals surface area (Å²) in [6.45, 7) is -0.465. The number of rotatable bonds is 7. The molecule has 1 unspecified atom stereocenters. The van der Waals surface area contributed by atoms with Crippen molar-refractivity contribution in [1.82, 2.24) is 4.98 Å². The van der Waals surface area contributed by atoms with E-state index in [9.17, 15) is 18.8 Å². The highest BCUT2D eigenvalue weighted by atomic mass is 35.5.